The second-order valence-corrected chi connectivity index (χ2v) is 9.20. The molecule has 2 aliphatic heterocycles. The van der Waals surface area contributed by atoms with Crippen LogP contribution in [0.15, 0.2) is 12.1 Å². The van der Waals surface area contributed by atoms with Crippen molar-refractivity contribution in [1.29, 1.82) is 0 Å². The van der Waals surface area contributed by atoms with Crippen LogP contribution in [-0.2, 0) is 26.2 Å². The molecule has 2 fully saturated rings. The van der Waals surface area contributed by atoms with Crippen molar-refractivity contribution in [1.82, 2.24) is 15.5 Å². The highest BCUT2D eigenvalue weighted by Crippen LogP contribution is 2.66. The quantitative estimate of drug-likeness (QED) is 0.497. The van der Waals surface area contributed by atoms with Gasteiger partial charge in [0.2, 0.25) is 5.91 Å². The predicted octanol–water partition coefficient (Wildman–Crippen LogP) is -0.0108. The van der Waals surface area contributed by atoms with E-state index in [0.29, 0.717) is 5.75 Å². The summed E-state index contributed by atoms with van der Waals surface area (Å²) in [6, 6.07) is 3.80. The molecule has 1 aromatic carbocycles. The molecule has 1 saturated heterocycles. The Morgan fingerprint density at radius 3 is 2.87 bits per heavy atom. The molecule has 168 valence electrons. The largest absolute Gasteiger partial charge is 0.504 e. The first-order valence-corrected chi connectivity index (χ1v) is 10.8. The number of piperidine rings is 1. The average Bonchev–Trinajstić information content (AvgIpc) is 3.11. The van der Waals surface area contributed by atoms with Crippen LogP contribution in [0.3, 0.4) is 0 Å². The number of ether oxygens (including phenoxy) is 2. The molecule has 1 amide bonds. The summed E-state index contributed by atoms with van der Waals surface area (Å²) >= 11 is 0. The zero-order valence-electron chi connectivity index (χ0n) is 17.8. The highest BCUT2D eigenvalue weighted by molar-refractivity contribution is 5.82. The van der Waals surface area contributed by atoms with Crippen LogP contribution in [0.1, 0.15) is 30.4 Å². The molecular formula is C22H29N3O6. The topological polar surface area (TPSA) is 120 Å². The summed E-state index contributed by atoms with van der Waals surface area (Å²) in [7, 11) is 3.93. The number of phenolic OH excluding ortho intramolecular Hbond substituents is 1. The molecule has 2 unspecified atom stereocenters. The van der Waals surface area contributed by atoms with Crippen molar-refractivity contribution in [2.45, 2.75) is 54.9 Å². The molecule has 4 N–H and O–H groups in total. The fourth-order valence-corrected chi connectivity index (χ4v) is 6.81. The van der Waals surface area contributed by atoms with Crippen molar-refractivity contribution in [3.05, 3.63) is 23.3 Å². The van der Waals surface area contributed by atoms with Gasteiger partial charge in [0.15, 0.2) is 11.5 Å². The van der Waals surface area contributed by atoms with Crippen LogP contribution in [0.2, 0.25) is 0 Å². The van der Waals surface area contributed by atoms with Gasteiger partial charge >= 0.3 is 5.97 Å². The summed E-state index contributed by atoms with van der Waals surface area (Å²) in [4.78, 5) is 25.2. The van der Waals surface area contributed by atoms with E-state index in [2.05, 4.69) is 22.6 Å². The summed E-state index contributed by atoms with van der Waals surface area (Å²) in [6.07, 6.45) is 2.96. The molecule has 5 rings (SSSR count). The summed E-state index contributed by atoms with van der Waals surface area (Å²) in [5.74, 6) is -0.752. The first-order valence-electron chi connectivity index (χ1n) is 10.8. The highest BCUT2D eigenvalue weighted by atomic mass is 16.5. The van der Waals surface area contributed by atoms with E-state index in [0.717, 1.165) is 37.8 Å². The van der Waals surface area contributed by atoms with Crippen molar-refractivity contribution < 1.29 is 29.3 Å². The van der Waals surface area contributed by atoms with E-state index >= 15 is 0 Å². The highest BCUT2D eigenvalue weighted by Gasteiger charge is 2.73. The molecular weight excluding hydrogens is 402 g/mol. The van der Waals surface area contributed by atoms with Crippen molar-refractivity contribution in [3.8, 4) is 11.5 Å². The minimum atomic E-state index is -1.08. The Morgan fingerprint density at radius 2 is 2.13 bits per heavy atom. The zero-order chi connectivity index (χ0) is 22.0. The van der Waals surface area contributed by atoms with Crippen LogP contribution in [0, 0.1) is 0 Å². The van der Waals surface area contributed by atoms with Gasteiger partial charge in [0.05, 0.1) is 17.6 Å². The van der Waals surface area contributed by atoms with E-state index in [1.165, 1.54) is 5.56 Å². The summed E-state index contributed by atoms with van der Waals surface area (Å²) in [5, 5.41) is 25.1. The van der Waals surface area contributed by atoms with Crippen molar-refractivity contribution in [3.63, 3.8) is 0 Å². The third kappa shape index (κ3) is 2.66. The van der Waals surface area contributed by atoms with E-state index in [1.54, 1.807) is 13.2 Å². The third-order valence-electron chi connectivity index (χ3n) is 8.02. The number of benzene rings is 1. The van der Waals surface area contributed by atoms with E-state index in [9.17, 15) is 14.7 Å². The number of phenols is 1. The minimum Gasteiger partial charge on any atom is -0.504 e. The first kappa shape index (κ1) is 20.5. The molecule has 1 spiro atoms. The number of aliphatic carboxylic acids is 1. The number of methoxy groups -OCH3 is 1. The summed E-state index contributed by atoms with van der Waals surface area (Å²) in [5.41, 5.74) is 1.43. The van der Waals surface area contributed by atoms with Gasteiger partial charge in [0.25, 0.3) is 0 Å². The number of hydrogen-bond acceptors (Lipinski definition) is 7. The van der Waals surface area contributed by atoms with Gasteiger partial charge in [-0.25, -0.2) is 0 Å². The van der Waals surface area contributed by atoms with E-state index in [1.807, 2.05) is 6.07 Å². The maximum Gasteiger partial charge on any atom is 0.322 e. The van der Waals surface area contributed by atoms with Gasteiger partial charge in [-0.15, -0.1) is 0 Å². The number of amides is 1. The number of likely N-dealkylation sites (tertiary alicyclic amines) is 1. The number of carboxylic acid groups (broad SMARTS) is 1. The number of aromatic hydroxyl groups is 1. The Labute approximate surface area is 180 Å². The number of nitrogens with one attached hydrogen (secondary N) is 2. The fourth-order valence-electron chi connectivity index (χ4n) is 6.81. The van der Waals surface area contributed by atoms with E-state index in [4.69, 9.17) is 14.6 Å². The minimum absolute atomic E-state index is 0.00633. The van der Waals surface area contributed by atoms with Crippen LogP contribution in [0.25, 0.3) is 0 Å². The van der Waals surface area contributed by atoms with E-state index < -0.39 is 23.5 Å². The number of carboxylic acids is 1. The number of nitrogens with zero attached hydrogens (tertiary/aromatic N) is 1. The smallest absolute Gasteiger partial charge is 0.322 e. The average molecular weight is 431 g/mol. The Balaban J connectivity index is 1.51. The molecule has 0 radical (unpaired) electrons. The predicted molar refractivity (Wildman–Crippen MR) is 110 cm³/mol. The summed E-state index contributed by atoms with van der Waals surface area (Å²) in [6.45, 7) is 0.501. The fraction of sp³-hybridized carbons (Fsp3) is 0.636. The molecule has 1 saturated carbocycles. The Kier molecular flexibility index (Phi) is 4.69. The molecule has 2 bridgehead atoms. The summed E-state index contributed by atoms with van der Waals surface area (Å²) < 4.78 is 12.9. The van der Waals surface area contributed by atoms with Gasteiger partial charge in [-0.3, -0.25) is 9.59 Å². The van der Waals surface area contributed by atoms with Crippen LogP contribution in [0.4, 0.5) is 0 Å². The maximum absolute atomic E-state index is 12.1. The van der Waals surface area contributed by atoms with Gasteiger partial charge in [-0.2, -0.15) is 0 Å². The van der Waals surface area contributed by atoms with Crippen molar-refractivity contribution in [2.24, 2.45) is 0 Å². The van der Waals surface area contributed by atoms with Crippen LogP contribution in [0.5, 0.6) is 11.5 Å². The van der Waals surface area contributed by atoms with Crippen LogP contribution >= 0.6 is 0 Å². The molecule has 31 heavy (non-hydrogen) atoms. The van der Waals surface area contributed by atoms with Crippen LogP contribution < -0.4 is 15.4 Å². The van der Waals surface area contributed by atoms with Gasteiger partial charge < -0.3 is 35.2 Å². The molecule has 2 heterocycles. The lowest BCUT2D eigenvalue weighted by Crippen LogP contribution is -2.78. The number of likely N-dealkylation sites (N-methyl/N-ethyl adjacent to an activating group) is 1. The second kappa shape index (κ2) is 7.08. The molecule has 4 aliphatic rings. The number of carbonyl (C=O) groups excluding carboxylic acids is 1. The standard InChI is InChI=1S/C22H29N3O6/c1-25-8-7-21-18-12-3-4-14(26)19(18)31-20(21)13(23-10-16(27)24-11-17(28)29)5-6-22(21,30-2)15(25)9-12/h3-4,13,15,20,23,26H,5-11H2,1-2H3,(H,24,27)(H,28,29)/t13-,15?,20+,21?,22-/m1/s1. The molecule has 9 heteroatoms. The number of hydrogen-bond donors (Lipinski definition) is 4. The van der Waals surface area contributed by atoms with Crippen molar-refractivity contribution in [2.75, 3.05) is 33.8 Å². The van der Waals surface area contributed by atoms with Gasteiger partial charge in [-0.05, 0) is 50.9 Å². The molecule has 0 aromatic heterocycles. The first-order chi connectivity index (χ1) is 14.8. The molecule has 9 nitrogen and oxygen atoms in total. The Bertz CT molecular complexity index is 938. The lowest BCUT2D eigenvalue weighted by molar-refractivity contribution is -0.203. The van der Waals surface area contributed by atoms with Crippen molar-refractivity contribution >= 4 is 11.9 Å². The lowest BCUT2D eigenvalue weighted by Gasteiger charge is -2.65. The third-order valence-corrected chi connectivity index (χ3v) is 8.02. The van der Waals surface area contributed by atoms with E-state index in [-0.39, 0.29) is 36.4 Å². The van der Waals surface area contributed by atoms with Gasteiger partial charge in [0, 0.05) is 24.8 Å². The van der Waals surface area contributed by atoms with Crippen LogP contribution in [-0.4, -0.2) is 84.6 Å². The number of carbonyl (C=O) groups is 2. The lowest BCUT2D eigenvalue weighted by atomic mass is 9.48. The Hall–Kier alpha value is -2.36. The monoisotopic (exact) mass is 431 g/mol. The molecule has 2 aliphatic carbocycles. The molecule has 1 aromatic rings. The zero-order valence-corrected chi connectivity index (χ0v) is 17.8. The van der Waals surface area contributed by atoms with Gasteiger partial charge in [0.1, 0.15) is 12.6 Å². The molecule has 5 atom stereocenters. The van der Waals surface area contributed by atoms with Gasteiger partial charge in [-0.1, -0.05) is 6.07 Å². The normalized spacial score (nSPS) is 35.2. The maximum atomic E-state index is 12.1. The Morgan fingerprint density at radius 1 is 1.32 bits per heavy atom. The number of rotatable bonds is 6. The second-order valence-electron chi connectivity index (χ2n) is 9.20. The SMILES string of the molecule is CO[C@@]12CC[C@@H](NCC(=O)NCC(=O)O)[C@@H]3Oc4c(O)ccc5c4C31CCN(C)C2C5.